The standard InChI is InChI=1S/C7H7N3.Na.H2O/c1-5-2-3-6-7(4-5)9-10-8-6;;/h2-4H,1H3,(H,8,9,10);;1H2/q;+1;/p-1. The largest absolute Gasteiger partial charge is 1.00 e. The van der Waals surface area contributed by atoms with E-state index in [-0.39, 0.29) is 35.0 Å². The number of nitrogens with one attached hydrogen (secondary N) is 1. The smallest absolute Gasteiger partial charge is 0.870 e. The maximum atomic E-state index is 3.94. The Morgan fingerprint density at radius 2 is 1.83 bits per heavy atom. The molecule has 1 aromatic heterocycles. The molecule has 0 atom stereocenters. The molecule has 0 saturated carbocycles. The van der Waals surface area contributed by atoms with Gasteiger partial charge in [0.05, 0.1) is 0 Å². The molecule has 0 saturated heterocycles. The van der Waals surface area contributed by atoms with Crippen molar-refractivity contribution in [2.45, 2.75) is 6.92 Å². The van der Waals surface area contributed by atoms with Crippen molar-refractivity contribution < 1.29 is 35.0 Å². The first-order valence-corrected chi connectivity index (χ1v) is 3.13. The SMILES string of the molecule is Cc1ccc2n[nH]nc2c1.[Na+].[OH-]. The second kappa shape index (κ2) is 4.57. The Hall–Kier alpha value is -0.420. The fourth-order valence-corrected chi connectivity index (χ4v) is 0.950. The molecule has 0 aliphatic heterocycles. The van der Waals surface area contributed by atoms with Gasteiger partial charge < -0.3 is 5.48 Å². The Bertz CT molecular complexity index is 360. The number of aromatic nitrogens is 3. The van der Waals surface area contributed by atoms with Crippen LogP contribution in [0.2, 0.25) is 0 Å². The summed E-state index contributed by atoms with van der Waals surface area (Å²) in [4.78, 5) is 0. The molecule has 5 heteroatoms. The van der Waals surface area contributed by atoms with E-state index in [2.05, 4.69) is 15.4 Å². The summed E-state index contributed by atoms with van der Waals surface area (Å²) in [5.74, 6) is 0. The molecular weight excluding hydrogens is 165 g/mol. The number of rotatable bonds is 0. The van der Waals surface area contributed by atoms with Gasteiger partial charge in [-0.05, 0) is 24.6 Å². The van der Waals surface area contributed by atoms with Crippen molar-refractivity contribution >= 4 is 11.0 Å². The van der Waals surface area contributed by atoms with Crippen molar-refractivity contribution in [2.24, 2.45) is 0 Å². The fraction of sp³-hybridized carbons (Fsp3) is 0.143. The van der Waals surface area contributed by atoms with E-state index >= 15 is 0 Å². The maximum Gasteiger partial charge on any atom is 1.00 e. The minimum Gasteiger partial charge on any atom is -0.870 e. The van der Waals surface area contributed by atoms with Crippen molar-refractivity contribution in [1.29, 1.82) is 0 Å². The van der Waals surface area contributed by atoms with Gasteiger partial charge in [0.1, 0.15) is 11.0 Å². The minimum absolute atomic E-state index is 0. The van der Waals surface area contributed by atoms with Gasteiger partial charge in [0.2, 0.25) is 0 Å². The van der Waals surface area contributed by atoms with Crippen LogP contribution in [-0.4, -0.2) is 20.9 Å². The van der Waals surface area contributed by atoms with E-state index in [4.69, 9.17) is 0 Å². The van der Waals surface area contributed by atoms with Crippen LogP contribution in [0, 0.1) is 6.92 Å². The molecule has 2 aromatic rings. The van der Waals surface area contributed by atoms with Crippen LogP contribution in [0.15, 0.2) is 18.2 Å². The van der Waals surface area contributed by atoms with Gasteiger partial charge in [0.15, 0.2) is 0 Å². The molecule has 58 valence electrons. The number of fused-ring (bicyclic) bond motifs is 1. The van der Waals surface area contributed by atoms with Gasteiger partial charge in [-0.2, -0.15) is 15.4 Å². The van der Waals surface area contributed by atoms with Crippen molar-refractivity contribution in [3.05, 3.63) is 23.8 Å². The molecule has 1 heterocycles. The molecule has 2 rings (SSSR count). The Labute approximate surface area is 92.0 Å². The number of hydrogen-bond acceptors (Lipinski definition) is 3. The quantitative estimate of drug-likeness (QED) is 0.473. The van der Waals surface area contributed by atoms with Crippen LogP contribution in [0.4, 0.5) is 0 Å². The Morgan fingerprint density at radius 3 is 2.58 bits per heavy atom. The minimum atomic E-state index is 0. The second-order valence-electron chi connectivity index (χ2n) is 2.32. The van der Waals surface area contributed by atoms with Gasteiger partial charge >= 0.3 is 29.6 Å². The van der Waals surface area contributed by atoms with E-state index in [1.807, 2.05) is 25.1 Å². The molecule has 1 aromatic carbocycles. The summed E-state index contributed by atoms with van der Waals surface area (Å²) in [7, 11) is 0. The molecule has 2 N–H and O–H groups in total. The van der Waals surface area contributed by atoms with Crippen LogP contribution < -0.4 is 29.6 Å². The van der Waals surface area contributed by atoms with E-state index in [1.165, 1.54) is 5.56 Å². The van der Waals surface area contributed by atoms with Crippen molar-refractivity contribution in [3.63, 3.8) is 0 Å². The third-order valence-electron chi connectivity index (χ3n) is 1.47. The van der Waals surface area contributed by atoms with Crippen LogP contribution in [0.3, 0.4) is 0 Å². The second-order valence-corrected chi connectivity index (χ2v) is 2.32. The van der Waals surface area contributed by atoms with Crippen LogP contribution in [0.5, 0.6) is 0 Å². The molecule has 0 bridgehead atoms. The molecule has 0 amide bonds. The third kappa shape index (κ3) is 2.04. The molecule has 0 fully saturated rings. The van der Waals surface area contributed by atoms with Gasteiger partial charge in [-0.3, -0.25) is 0 Å². The van der Waals surface area contributed by atoms with Crippen molar-refractivity contribution in [3.8, 4) is 0 Å². The van der Waals surface area contributed by atoms with Crippen LogP contribution >= 0.6 is 0 Å². The Kier molecular flexibility index (Phi) is 4.41. The first-order valence-electron chi connectivity index (χ1n) is 3.13. The molecule has 0 aliphatic carbocycles. The van der Waals surface area contributed by atoms with Crippen LogP contribution in [0.1, 0.15) is 5.56 Å². The number of aromatic amines is 1. The average molecular weight is 173 g/mol. The first-order chi connectivity index (χ1) is 4.86. The summed E-state index contributed by atoms with van der Waals surface area (Å²) in [6.45, 7) is 2.04. The Morgan fingerprint density at radius 1 is 1.17 bits per heavy atom. The number of H-pyrrole nitrogens is 1. The molecule has 0 radical (unpaired) electrons. The summed E-state index contributed by atoms with van der Waals surface area (Å²) in [5, 5.41) is 10.4. The summed E-state index contributed by atoms with van der Waals surface area (Å²) in [6, 6.07) is 5.97. The molecule has 0 unspecified atom stereocenters. The molecule has 4 nitrogen and oxygen atoms in total. The van der Waals surface area contributed by atoms with Crippen molar-refractivity contribution in [1.82, 2.24) is 15.4 Å². The van der Waals surface area contributed by atoms with Gasteiger partial charge in [-0.1, -0.05) is 6.07 Å². The molecule has 12 heavy (non-hydrogen) atoms. The van der Waals surface area contributed by atoms with E-state index in [1.54, 1.807) is 0 Å². The van der Waals surface area contributed by atoms with Crippen LogP contribution in [-0.2, 0) is 0 Å². The van der Waals surface area contributed by atoms with Gasteiger partial charge in [-0.15, -0.1) is 0 Å². The zero-order chi connectivity index (χ0) is 6.97. The topological polar surface area (TPSA) is 71.6 Å². The summed E-state index contributed by atoms with van der Waals surface area (Å²) in [5.41, 5.74) is 3.06. The number of hydrogen-bond donors (Lipinski definition) is 1. The van der Waals surface area contributed by atoms with E-state index in [0.717, 1.165) is 11.0 Å². The van der Waals surface area contributed by atoms with Crippen LogP contribution in [0.25, 0.3) is 11.0 Å². The molecular formula is C7H8N3NaO. The normalized spacial score (nSPS) is 8.75. The van der Waals surface area contributed by atoms with E-state index < -0.39 is 0 Å². The number of benzene rings is 1. The van der Waals surface area contributed by atoms with Gasteiger partial charge in [-0.25, -0.2) is 0 Å². The zero-order valence-electron chi connectivity index (χ0n) is 7.07. The Balaban J connectivity index is 0.000000605. The summed E-state index contributed by atoms with van der Waals surface area (Å²) >= 11 is 0. The van der Waals surface area contributed by atoms with E-state index in [0.29, 0.717) is 0 Å². The first kappa shape index (κ1) is 11.6. The average Bonchev–Trinajstić information content (AvgIpc) is 2.33. The number of nitrogens with zero attached hydrogens (tertiary/aromatic N) is 2. The predicted octanol–water partition coefficient (Wildman–Crippen LogP) is -1.91. The third-order valence-corrected chi connectivity index (χ3v) is 1.47. The summed E-state index contributed by atoms with van der Waals surface area (Å²) < 4.78 is 0. The monoisotopic (exact) mass is 173 g/mol. The van der Waals surface area contributed by atoms with Crippen molar-refractivity contribution in [2.75, 3.05) is 0 Å². The fourth-order valence-electron chi connectivity index (χ4n) is 0.950. The van der Waals surface area contributed by atoms with E-state index in [9.17, 15) is 0 Å². The molecule has 0 spiro atoms. The van der Waals surface area contributed by atoms with Gasteiger partial charge in [0, 0.05) is 0 Å². The van der Waals surface area contributed by atoms with Gasteiger partial charge in [0.25, 0.3) is 0 Å². The summed E-state index contributed by atoms with van der Waals surface area (Å²) in [6.07, 6.45) is 0. The maximum absolute atomic E-state index is 3.94. The zero-order valence-corrected chi connectivity index (χ0v) is 9.07. The number of aryl methyl sites for hydroxylation is 1. The molecule has 0 aliphatic rings. The predicted molar refractivity (Wildman–Crippen MR) is 40.6 cm³/mol.